The van der Waals surface area contributed by atoms with Crippen LogP contribution in [0.2, 0.25) is 0 Å². The van der Waals surface area contributed by atoms with Crippen molar-refractivity contribution in [2.24, 2.45) is 0 Å². The number of benzene rings is 1. The molecule has 3 rings (SSSR count). The van der Waals surface area contributed by atoms with Gasteiger partial charge in [0.25, 0.3) is 5.91 Å². The monoisotopic (exact) mass is 329 g/mol. The Morgan fingerprint density at radius 3 is 2.35 bits per heavy atom. The first-order valence-electron chi connectivity index (χ1n) is 7.66. The van der Waals surface area contributed by atoms with Gasteiger partial charge in [0.1, 0.15) is 5.69 Å². The van der Waals surface area contributed by atoms with Crippen LogP contribution in [-0.4, -0.2) is 52.8 Å². The van der Waals surface area contributed by atoms with E-state index in [2.05, 4.69) is 4.98 Å². The summed E-state index contributed by atoms with van der Waals surface area (Å²) in [7, 11) is 0. The molecule has 2 aromatic rings. The van der Waals surface area contributed by atoms with E-state index < -0.39 is 0 Å². The lowest BCUT2D eigenvalue weighted by atomic mass is 10.1. The lowest BCUT2D eigenvalue weighted by Gasteiger charge is -2.34. The molecule has 0 saturated carbocycles. The molecule has 0 bridgehead atoms. The van der Waals surface area contributed by atoms with Gasteiger partial charge in [-0.2, -0.15) is 0 Å². The zero-order valence-electron chi connectivity index (χ0n) is 13.1. The lowest BCUT2D eigenvalue weighted by Crippen LogP contribution is -2.51. The summed E-state index contributed by atoms with van der Waals surface area (Å²) < 4.78 is 0. The second kappa shape index (κ2) is 6.91. The molecule has 23 heavy (non-hydrogen) atoms. The fraction of sp³-hybridized carbons (Fsp3) is 0.353. The van der Waals surface area contributed by atoms with Crippen LogP contribution in [0.3, 0.4) is 0 Å². The van der Waals surface area contributed by atoms with Crippen molar-refractivity contribution in [1.29, 1.82) is 0 Å². The highest BCUT2D eigenvalue weighted by Gasteiger charge is 2.25. The van der Waals surface area contributed by atoms with Crippen LogP contribution in [0.1, 0.15) is 21.1 Å². The van der Waals surface area contributed by atoms with Gasteiger partial charge in [-0.3, -0.25) is 9.59 Å². The minimum absolute atomic E-state index is 0.0375. The van der Waals surface area contributed by atoms with Crippen LogP contribution in [0, 0.1) is 6.92 Å². The number of hydrogen-bond acceptors (Lipinski definition) is 4. The standard InChI is InChI=1S/C17H19N3O2S/c1-13-18-15(12-23-13)17(22)20-9-7-19(8-10-20)16(21)11-14-5-3-2-4-6-14/h2-6,12H,7-11H2,1H3. The topological polar surface area (TPSA) is 53.5 Å². The summed E-state index contributed by atoms with van der Waals surface area (Å²) in [5.74, 6) is 0.0808. The smallest absolute Gasteiger partial charge is 0.273 e. The third-order valence-electron chi connectivity index (χ3n) is 3.96. The highest BCUT2D eigenvalue weighted by atomic mass is 32.1. The quantitative estimate of drug-likeness (QED) is 0.865. The van der Waals surface area contributed by atoms with Crippen molar-refractivity contribution in [3.8, 4) is 0 Å². The molecule has 2 heterocycles. The maximum atomic E-state index is 12.3. The number of rotatable bonds is 3. The van der Waals surface area contributed by atoms with E-state index in [1.807, 2.05) is 42.2 Å². The number of piperazine rings is 1. The summed E-state index contributed by atoms with van der Waals surface area (Å²) in [6.07, 6.45) is 0.417. The van der Waals surface area contributed by atoms with Gasteiger partial charge < -0.3 is 9.80 Å². The molecule has 0 unspecified atom stereocenters. The number of carbonyl (C=O) groups excluding carboxylic acids is 2. The van der Waals surface area contributed by atoms with Gasteiger partial charge in [0.15, 0.2) is 0 Å². The van der Waals surface area contributed by atoms with E-state index >= 15 is 0 Å². The third kappa shape index (κ3) is 3.76. The minimum atomic E-state index is -0.0375. The normalized spacial score (nSPS) is 14.8. The fourth-order valence-corrected chi connectivity index (χ4v) is 3.25. The van der Waals surface area contributed by atoms with Crippen LogP contribution in [0.15, 0.2) is 35.7 Å². The fourth-order valence-electron chi connectivity index (χ4n) is 2.66. The van der Waals surface area contributed by atoms with Gasteiger partial charge in [-0.25, -0.2) is 4.98 Å². The number of nitrogens with zero attached hydrogens (tertiary/aromatic N) is 3. The van der Waals surface area contributed by atoms with Crippen LogP contribution >= 0.6 is 11.3 Å². The van der Waals surface area contributed by atoms with Gasteiger partial charge in [0, 0.05) is 31.6 Å². The van der Waals surface area contributed by atoms with Gasteiger partial charge >= 0.3 is 0 Å². The second-order valence-electron chi connectivity index (χ2n) is 5.59. The molecule has 0 aliphatic carbocycles. The molecule has 0 atom stereocenters. The predicted molar refractivity (Wildman–Crippen MR) is 89.5 cm³/mol. The molecular formula is C17H19N3O2S. The Bertz CT molecular complexity index is 691. The van der Waals surface area contributed by atoms with E-state index in [0.717, 1.165) is 10.6 Å². The third-order valence-corrected chi connectivity index (χ3v) is 4.73. The number of aryl methyl sites for hydroxylation is 1. The molecule has 0 radical (unpaired) electrons. The van der Waals surface area contributed by atoms with Crippen LogP contribution in [-0.2, 0) is 11.2 Å². The molecule has 120 valence electrons. The summed E-state index contributed by atoms with van der Waals surface area (Å²) >= 11 is 1.48. The first-order chi connectivity index (χ1) is 11.1. The van der Waals surface area contributed by atoms with Crippen LogP contribution in [0.5, 0.6) is 0 Å². The van der Waals surface area contributed by atoms with E-state index in [1.165, 1.54) is 11.3 Å². The summed E-state index contributed by atoms with van der Waals surface area (Å²) in [5.41, 5.74) is 1.53. The molecule has 0 spiro atoms. The molecule has 0 N–H and O–H groups in total. The Morgan fingerprint density at radius 1 is 1.09 bits per heavy atom. The summed E-state index contributed by atoms with van der Waals surface area (Å²) in [6.45, 7) is 4.19. The highest BCUT2D eigenvalue weighted by molar-refractivity contribution is 7.09. The summed E-state index contributed by atoms with van der Waals surface area (Å²) in [5, 5.41) is 2.69. The number of hydrogen-bond donors (Lipinski definition) is 0. The highest BCUT2D eigenvalue weighted by Crippen LogP contribution is 2.13. The lowest BCUT2D eigenvalue weighted by molar-refractivity contribution is -0.131. The Kier molecular flexibility index (Phi) is 4.71. The van der Waals surface area contributed by atoms with Crippen LogP contribution < -0.4 is 0 Å². The number of amides is 2. The van der Waals surface area contributed by atoms with E-state index in [1.54, 1.807) is 10.3 Å². The van der Waals surface area contributed by atoms with Crippen LogP contribution in [0.25, 0.3) is 0 Å². The zero-order valence-corrected chi connectivity index (χ0v) is 13.9. The molecule has 6 heteroatoms. The van der Waals surface area contributed by atoms with Crippen LogP contribution in [0.4, 0.5) is 0 Å². The summed E-state index contributed by atoms with van der Waals surface area (Å²) in [6, 6.07) is 9.74. The second-order valence-corrected chi connectivity index (χ2v) is 6.65. The van der Waals surface area contributed by atoms with Crippen molar-refractivity contribution in [2.45, 2.75) is 13.3 Å². The van der Waals surface area contributed by atoms with Crippen molar-refractivity contribution in [2.75, 3.05) is 26.2 Å². The predicted octanol–water partition coefficient (Wildman–Crippen LogP) is 1.98. The average molecular weight is 329 g/mol. The zero-order chi connectivity index (χ0) is 16.2. The number of thiazole rings is 1. The van der Waals surface area contributed by atoms with Gasteiger partial charge in [0.05, 0.1) is 11.4 Å². The summed E-state index contributed by atoms with van der Waals surface area (Å²) in [4.78, 5) is 32.5. The van der Waals surface area contributed by atoms with E-state index in [9.17, 15) is 9.59 Å². The molecular weight excluding hydrogens is 310 g/mol. The van der Waals surface area contributed by atoms with Gasteiger partial charge in [-0.05, 0) is 12.5 Å². The largest absolute Gasteiger partial charge is 0.339 e. The Balaban J connectivity index is 1.54. The molecule has 5 nitrogen and oxygen atoms in total. The Morgan fingerprint density at radius 2 is 1.74 bits per heavy atom. The maximum absolute atomic E-state index is 12.3. The first kappa shape index (κ1) is 15.7. The van der Waals surface area contributed by atoms with Gasteiger partial charge in [0.2, 0.25) is 5.91 Å². The van der Waals surface area contributed by atoms with Crippen molar-refractivity contribution >= 4 is 23.2 Å². The molecule has 1 fully saturated rings. The number of carbonyl (C=O) groups is 2. The Labute approximate surface area is 139 Å². The maximum Gasteiger partial charge on any atom is 0.273 e. The van der Waals surface area contributed by atoms with E-state index in [-0.39, 0.29) is 11.8 Å². The van der Waals surface area contributed by atoms with Gasteiger partial charge in [-0.15, -0.1) is 11.3 Å². The first-order valence-corrected chi connectivity index (χ1v) is 8.54. The molecule has 2 amide bonds. The SMILES string of the molecule is Cc1nc(C(=O)N2CCN(C(=O)Cc3ccccc3)CC2)cs1. The van der Waals surface area contributed by atoms with Crippen molar-refractivity contribution in [3.05, 3.63) is 52.0 Å². The van der Waals surface area contributed by atoms with E-state index in [0.29, 0.717) is 38.3 Å². The number of aromatic nitrogens is 1. The molecule has 1 aromatic heterocycles. The van der Waals surface area contributed by atoms with Gasteiger partial charge in [-0.1, -0.05) is 30.3 Å². The van der Waals surface area contributed by atoms with E-state index in [4.69, 9.17) is 0 Å². The average Bonchev–Trinajstić information content (AvgIpc) is 3.02. The van der Waals surface area contributed by atoms with Crippen molar-refractivity contribution < 1.29 is 9.59 Å². The minimum Gasteiger partial charge on any atom is -0.339 e. The molecule has 1 aromatic carbocycles. The Hall–Kier alpha value is -2.21. The van der Waals surface area contributed by atoms with Crippen molar-refractivity contribution in [3.63, 3.8) is 0 Å². The van der Waals surface area contributed by atoms with Crippen molar-refractivity contribution in [1.82, 2.24) is 14.8 Å². The molecule has 1 saturated heterocycles. The molecule has 1 aliphatic heterocycles. The molecule has 1 aliphatic rings.